The maximum absolute atomic E-state index is 12.0. The molecular formula is C12H14N4OS2. The van der Waals surface area contributed by atoms with Crippen LogP contribution in [0.1, 0.15) is 11.4 Å². The van der Waals surface area contributed by atoms with E-state index in [-0.39, 0.29) is 5.91 Å². The van der Waals surface area contributed by atoms with Crippen LogP contribution in [-0.2, 0) is 11.3 Å². The molecule has 0 atom stereocenters. The van der Waals surface area contributed by atoms with E-state index in [0.717, 1.165) is 15.7 Å². The quantitative estimate of drug-likeness (QED) is 0.789. The SMILES string of the molecule is Cc1csc(SCC(=O)N(C)Cc2cnccn2)n1. The Morgan fingerprint density at radius 1 is 1.47 bits per heavy atom. The molecule has 2 aromatic heterocycles. The number of aryl methyl sites for hydroxylation is 1. The molecule has 0 aliphatic rings. The highest BCUT2D eigenvalue weighted by Crippen LogP contribution is 2.22. The summed E-state index contributed by atoms with van der Waals surface area (Å²) in [4.78, 5) is 26.1. The van der Waals surface area contributed by atoms with Crippen molar-refractivity contribution in [2.75, 3.05) is 12.8 Å². The van der Waals surface area contributed by atoms with E-state index in [0.29, 0.717) is 12.3 Å². The molecule has 0 saturated heterocycles. The normalized spacial score (nSPS) is 10.4. The topological polar surface area (TPSA) is 59.0 Å². The van der Waals surface area contributed by atoms with E-state index < -0.39 is 0 Å². The van der Waals surface area contributed by atoms with Gasteiger partial charge in [0, 0.05) is 30.5 Å². The molecule has 0 saturated carbocycles. The summed E-state index contributed by atoms with van der Waals surface area (Å²) < 4.78 is 0.929. The predicted molar refractivity (Wildman–Crippen MR) is 76.1 cm³/mol. The lowest BCUT2D eigenvalue weighted by Crippen LogP contribution is -2.28. The van der Waals surface area contributed by atoms with Crippen molar-refractivity contribution in [1.82, 2.24) is 19.9 Å². The van der Waals surface area contributed by atoms with Gasteiger partial charge < -0.3 is 4.90 Å². The summed E-state index contributed by atoms with van der Waals surface area (Å²) in [5.74, 6) is 0.451. The van der Waals surface area contributed by atoms with Crippen LogP contribution in [0.3, 0.4) is 0 Å². The molecule has 0 radical (unpaired) electrons. The van der Waals surface area contributed by atoms with Gasteiger partial charge in [-0.05, 0) is 6.92 Å². The van der Waals surface area contributed by atoms with E-state index in [1.807, 2.05) is 12.3 Å². The first-order valence-corrected chi connectivity index (χ1v) is 7.55. The lowest BCUT2D eigenvalue weighted by molar-refractivity contribution is -0.127. The van der Waals surface area contributed by atoms with Crippen LogP contribution in [0.15, 0.2) is 28.3 Å². The maximum atomic E-state index is 12.0. The minimum absolute atomic E-state index is 0.0588. The molecule has 0 fully saturated rings. The van der Waals surface area contributed by atoms with Gasteiger partial charge in [-0.3, -0.25) is 14.8 Å². The van der Waals surface area contributed by atoms with Crippen LogP contribution in [0, 0.1) is 6.92 Å². The highest BCUT2D eigenvalue weighted by atomic mass is 32.2. The van der Waals surface area contributed by atoms with Crippen molar-refractivity contribution in [3.8, 4) is 0 Å². The van der Waals surface area contributed by atoms with Crippen LogP contribution >= 0.6 is 23.1 Å². The predicted octanol–water partition coefficient (Wildman–Crippen LogP) is 1.99. The minimum atomic E-state index is 0.0588. The summed E-state index contributed by atoms with van der Waals surface area (Å²) in [6.45, 7) is 2.42. The Kier molecular flexibility index (Phi) is 4.86. The number of carbonyl (C=O) groups is 1. The van der Waals surface area contributed by atoms with Crippen LogP contribution in [0.25, 0.3) is 0 Å². The second kappa shape index (κ2) is 6.63. The minimum Gasteiger partial charge on any atom is -0.339 e. The Bertz CT molecular complexity index is 544. The molecule has 0 spiro atoms. The van der Waals surface area contributed by atoms with Crippen molar-refractivity contribution in [3.05, 3.63) is 35.4 Å². The first-order chi connectivity index (χ1) is 9.15. The van der Waals surface area contributed by atoms with E-state index in [1.54, 1.807) is 41.9 Å². The van der Waals surface area contributed by atoms with Crippen LogP contribution in [0.4, 0.5) is 0 Å². The molecule has 19 heavy (non-hydrogen) atoms. The molecule has 0 N–H and O–H groups in total. The molecule has 7 heteroatoms. The van der Waals surface area contributed by atoms with Crippen molar-refractivity contribution in [1.29, 1.82) is 0 Å². The summed E-state index contributed by atoms with van der Waals surface area (Å²) in [5.41, 5.74) is 1.78. The fraction of sp³-hybridized carbons (Fsp3) is 0.333. The summed E-state index contributed by atoms with van der Waals surface area (Å²) >= 11 is 3.03. The third-order valence-corrected chi connectivity index (χ3v) is 4.48. The second-order valence-electron chi connectivity index (χ2n) is 3.99. The lowest BCUT2D eigenvalue weighted by Gasteiger charge is -2.15. The summed E-state index contributed by atoms with van der Waals surface area (Å²) in [6.07, 6.45) is 4.91. The first kappa shape index (κ1) is 14.0. The number of thioether (sulfide) groups is 1. The molecule has 0 bridgehead atoms. The van der Waals surface area contributed by atoms with Crippen LogP contribution in [0.2, 0.25) is 0 Å². The molecule has 2 heterocycles. The van der Waals surface area contributed by atoms with Gasteiger partial charge >= 0.3 is 0 Å². The van der Waals surface area contributed by atoms with Crippen molar-refractivity contribution >= 4 is 29.0 Å². The van der Waals surface area contributed by atoms with Crippen molar-refractivity contribution in [2.45, 2.75) is 17.8 Å². The number of nitrogens with zero attached hydrogens (tertiary/aromatic N) is 4. The molecule has 100 valence electrons. The second-order valence-corrected chi connectivity index (χ2v) is 6.07. The maximum Gasteiger partial charge on any atom is 0.233 e. The van der Waals surface area contributed by atoms with E-state index in [1.165, 1.54) is 11.8 Å². The lowest BCUT2D eigenvalue weighted by atomic mass is 10.4. The number of thiazole rings is 1. The van der Waals surface area contributed by atoms with E-state index >= 15 is 0 Å². The zero-order chi connectivity index (χ0) is 13.7. The Balaban J connectivity index is 1.82. The fourth-order valence-electron chi connectivity index (χ4n) is 1.38. The zero-order valence-corrected chi connectivity index (χ0v) is 12.4. The van der Waals surface area contributed by atoms with Gasteiger partial charge in [0.1, 0.15) is 0 Å². The van der Waals surface area contributed by atoms with Gasteiger partial charge in [-0.25, -0.2) is 4.98 Å². The van der Waals surface area contributed by atoms with Crippen LogP contribution in [0.5, 0.6) is 0 Å². The Labute approximate surface area is 120 Å². The fourth-order valence-corrected chi connectivity index (χ4v) is 3.17. The molecule has 0 aliphatic carbocycles. The molecule has 1 amide bonds. The van der Waals surface area contributed by atoms with Crippen molar-refractivity contribution in [2.24, 2.45) is 0 Å². The summed E-state index contributed by atoms with van der Waals surface area (Å²) in [5, 5.41) is 1.98. The van der Waals surface area contributed by atoms with Gasteiger partial charge in [-0.15, -0.1) is 11.3 Å². The van der Waals surface area contributed by atoms with Gasteiger partial charge in [-0.2, -0.15) is 0 Å². The molecule has 0 aliphatic heterocycles. The molecule has 2 aromatic rings. The number of hydrogen-bond acceptors (Lipinski definition) is 6. The third-order valence-electron chi connectivity index (χ3n) is 2.36. The average molecular weight is 294 g/mol. The Morgan fingerprint density at radius 2 is 2.32 bits per heavy atom. The summed E-state index contributed by atoms with van der Waals surface area (Å²) in [6, 6.07) is 0. The van der Waals surface area contributed by atoms with Gasteiger partial charge in [0.25, 0.3) is 0 Å². The molecule has 0 unspecified atom stereocenters. The van der Waals surface area contributed by atoms with E-state index in [4.69, 9.17) is 0 Å². The van der Waals surface area contributed by atoms with Gasteiger partial charge in [0.2, 0.25) is 5.91 Å². The van der Waals surface area contributed by atoms with E-state index in [9.17, 15) is 4.79 Å². The molecule has 2 rings (SSSR count). The number of amides is 1. The average Bonchev–Trinajstić information content (AvgIpc) is 2.83. The van der Waals surface area contributed by atoms with Crippen LogP contribution in [-0.4, -0.2) is 38.6 Å². The zero-order valence-electron chi connectivity index (χ0n) is 10.7. The number of hydrogen-bond donors (Lipinski definition) is 0. The summed E-state index contributed by atoms with van der Waals surface area (Å²) in [7, 11) is 1.77. The number of carbonyl (C=O) groups excluding carboxylic acids is 1. The highest BCUT2D eigenvalue weighted by Gasteiger charge is 2.11. The first-order valence-electron chi connectivity index (χ1n) is 5.69. The molecule has 0 aromatic carbocycles. The largest absolute Gasteiger partial charge is 0.339 e. The molecule has 5 nitrogen and oxygen atoms in total. The number of rotatable bonds is 5. The van der Waals surface area contributed by atoms with Crippen LogP contribution < -0.4 is 0 Å². The van der Waals surface area contributed by atoms with Gasteiger partial charge in [-0.1, -0.05) is 11.8 Å². The highest BCUT2D eigenvalue weighted by molar-refractivity contribution is 8.01. The third kappa shape index (κ3) is 4.29. The van der Waals surface area contributed by atoms with Gasteiger partial charge in [0.05, 0.1) is 24.2 Å². The molecular weight excluding hydrogens is 280 g/mol. The van der Waals surface area contributed by atoms with Crippen molar-refractivity contribution < 1.29 is 4.79 Å². The number of aromatic nitrogens is 3. The van der Waals surface area contributed by atoms with Gasteiger partial charge in [0.15, 0.2) is 4.34 Å². The standard InChI is InChI=1S/C12H14N4OS2/c1-9-7-18-12(15-9)19-8-11(17)16(2)6-10-5-13-3-4-14-10/h3-5,7H,6,8H2,1-2H3. The Hall–Kier alpha value is -1.47. The monoisotopic (exact) mass is 294 g/mol. The smallest absolute Gasteiger partial charge is 0.233 e. The van der Waals surface area contributed by atoms with E-state index in [2.05, 4.69) is 15.0 Å². The Morgan fingerprint density at radius 3 is 2.95 bits per heavy atom. The van der Waals surface area contributed by atoms with Crippen molar-refractivity contribution in [3.63, 3.8) is 0 Å².